The topological polar surface area (TPSA) is 93.7 Å². The van der Waals surface area contributed by atoms with Crippen molar-refractivity contribution in [2.45, 2.75) is 6.61 Å². The number of methoxy groups -OCH3 is 1. The quantitative estimate of drug-likeness (QED) is 0.575. The summed E-state index contributed by atoms with van der Waals surface area (Å²) in [5.74, 6) is -2.95. The molecule has 7 nitrogen and oxygen atoms in total. The Morgan fingerprint density at radius 2 is 1.77 bits per heavy atom. The molecule has 10 heteroatoms. The minimum absolute atomic E-state index is 0.0252. The molecule has 0 aliphatic heterocycles. The molecule has 0 atom stereocenters. The van der Waals surface area contributed by atoms with Gasteiger partial charge in [-0.2, -0.15) is 0 Å². The molecule has 2 aromatic carbocycles. The van der Waals surface area contributed by atoms with Crippen molar-refractivity contribution in [3.8, 4) is 0 Å². The second-order valence-corrected chi connectivity index (χ2v) is 7.07. The van der Waals surface area contributed by atoms with E-state index in [-0.39, 0.29) is 22.6 Å². The first-order valence-corrected chi connectivity index (χ1v) is 9.43. The van der Waals surface area contributed by atoms with E-state index in [9.17, 15) is 23.2 Å². The van der Waals surface area contributed by atoms with E-state index in [1.807, 2.05) is 5.32 Å². The third-order valence-corrected chi connectivity index (χ3v) is 5.12. The number of para-hydroxylation sites is 1. The Balaban J connectivity index is 1.63. The SMILES string of the molecule is COCc1c(C(=O)OCC(=O)NC(=O)Nc2ccccc2F)sc2cccc(F)c12. The van der Waals surface area contributed by atoms with Gasteiger partial charge < -0.3 is 14.8 Å². The molecule has 0 aliphatic rings. The van der Waals surface area contributed by atoms with Gasteiger partial charge in [-0.15, -0.1) is 11.3 Å². The van der Waals surface area contributed by atoms with Gasteiger partial charge in [-0.3, -0.25) is 10.1 Å². The summed E-state index contributed by atoms with van der Waals surface area (Å²) < 4.78 is 38.2. The number of imide groups is 1. The van der Waals surface area contributed by atoms with Crippen LogP contribution in [0.2, 0.25) is 0 Å². The minimum Gasteiger partial charge on any atom is -0.451 e. The van der Waals surface area contributed by atoms with Crippen molar-refractivity contribution < 1.29 is 32.6 Å². The first-order chi connectivity index (χ1) is 14.4. The maximum Gasteiger partial charge on any atom is 0.349 e. The second-order valence-electron chi connectivity index (χ2n) is 6.01. The lowest BCUT2D eigenvalue weighted by atomic mass is 10.1. The van der Waals surface area contributed by atoms with Crippen molar-refractivity contribution >= 4 is 45.0 Å². The molecule has 30 heavy (non-hydrogen) atoms. The van der Waals surface area contributed by atoms with Crippen LogP contribution in [0.15, 0.2) is 42.5 Å². The van der Waals surface area contributed by atoms with Crippen LogP contribution in [-0.4, -0.2) is 31.6 Å². The Morgan fingerprint density at radius 3 is 2.50 bits per heavy atom. The lowest BCUT2D eigenvalue weighted by Gasteiger charge is -2.08. The fraction of sp³-hybridized carbons (Fsp3) is 0.150. The van der Waals surface area contributed by atoms with Crippen LogP contribution in [0.1, 0.15) is 15.2 Å². The van der Waals surface area contributed by atoms with Gasteiger partial charge in [-0.25, -0.2) is 18.4 Å². The van der Waals surface area contributed by atoms with Gasteiger partial charge in [-0.05, 0) is 24.3 Å². The number of ether oxygens (including phenoxy) is 2. The van der Waals surface area contributed by atoms with Crippen molar-refractivity contribution in [3.05, 3.63) is 64.5 Å². The average Bonchev–Trinajstić information content (AvgIpc) is 3.08. The summed E-state index contributed by atoms with van der Waals surface area (Å²) in [4.78, 5) is 36.2. The van der Waals surface area contributed by atoms with Crippen LogP contribution in [0, 0.1) is 11.6 Å². The molecule has 0 saturated heterocycles. The fourth-order valence-electron chi connectivity index (χ4n) is 2.69. The number of esters is 1. The van der Waals surface area contributed by atoms with Crippen LogP contribution in [0.5, 0.6) is 0 Å². The number of rotatable bonds is 6. The van der Waals surface area contributed by atoms with Gasteiger partial charge in [0, 0.05) is 22.8 Å². The normalized spacial score (nSPS) is 10.6. The summed E-state index contributed by atoms with van der Waals surface area (Å²) in [5.41, 5.74) is 0.203. The number of amides is 3. The summed E-state index contributed by atoms with van der Waals surface area (Å²) >= 11 is 1.01. The lowest BCUT2D eigenvalue weighted by Crippen LogP contribution is -2.37. The monoisotopic (exact) mass is 434 g/mol. The smallest absolute Gasteiger partial charge is 0.349 e. The number of hydrogen-bond acceptors (Lipinski definition) is 6. The average molecular weight is 434 g/mol. The molecule has 0 saturated carbocycles. The molecule has 0 fully saturated rings. The number of thiophene rings is 1. The number of fused-ring (bicyclic) bond motifs is 1. The van der Waals surface area contributed by atoms with Crippen molar-refractivity contribution in [3.63, 3.8) is 0 Å². The van der Waals surface area contributed by atoms with Gasteiger partial charge in [0.1, 0.15) is 16.5 Å². The molecule has 1 heterocycles. The molecular formula is C20H16F2N2O5S. The number of hydrogen-bond donors (Lipinski definition) is 2. The minimum atomic E-state index is -0.981. The molecule has 0 bridgehead atoms. The first kappa shape index (κ1) is 21.3. The number of urea groups is 1. The maximum absolute atomic E-state index is 14.2. The van der Waals surface area contributed by atoms with E-state index in [4.69, 9.17) is 9.47 Å². The van der Waals surface area contributed by atoms with Crippen LogP contribution < -0.4 is 10.6 Å². The number of halogens is 2. The molecule has 3 aromatic rings. The Hall–Kier alpha value is -3.37. The van der Waals surface area contributed by atoms with E-state index < -0.39 is 36.1 Å². The van der Waals surface area contributed by atoms with Gasteiger partial charge in [-0.1, -0.05) is 18.2 Å². The Morgan fingerprint density at radius 1 is 1.03 bits per heavy atom. The van der Waals surface area contributed by atoms with E-state index in [0.29, 0.717) is 10.3 Å². The number of nitrogens with one attached hydrogen (secondary N) is 2. The van der Waals surface area contributed by atoms with Crippen molar-refractivity contribution in [2.24, 2.45) is 0 Å². The third kappa shape index (κ3) is 4.78. The van der Waals surface area contributed by atoms with Gasteiger partial charge in [0.15, 0.2) is 6.61 Å². The number of benzene rings is 2. The van der Waals surface area contributed by atoms with E-state index in [1.54, 1.807) is 6.07 Å². The maximum atomic E-state index is 14.2. The van der Waals surface area contributed by atoms with Crippen LogP contribution in [-0.2, 0) is 20.9 Å². The highest BCUT2D eigenvalue weighted by Crippen LogP contribution is 2.34. The summed E-state index contributed by atoms with van der Waals surface area (Å²) in [6.07, 6.45) is 0. The van der Waals surface area contributed by atoms with Gasteiger partial charge >= 0.3 is 12.0 Å². The molecule has 0 spiro atoms. The van der Waals surface area contributed by atoms with Crippen LogP contribution >= 0.6 is 11.3 Å². The molecular weight excluding hydrogens is 418 g/mol. The zero-order valence-corrected chi connectivity index (χ0v) is 16.5. The lowest BCUT2D eigenvalue weighted by molar-refractivity contribution is -0.123. The number of anilines is 1. The highest BCUT2D eigenvalue weighted by atomic mass is 32.1. The standard InChI is InChI=1S/C20H16F2N2O5S/c1-28-9-11-17-13(22)6-4-8-15(17)30-18(11)19(26)29-10-16(25)24-20(27)23-14-7-3-2-5-12(14)21/h2-8H,9-10H2,1H3,(H2,23,24,25,27). The van der Waals surface area contributed by atoms with Crippen molar-refractivity contribution in [1.29, 1.82) is 0 Å². The molecule has 156 valence electrons. The molecule has 3 amide bonds. The zero-order chi connectivity index (χ0) is 21.7. The van der Waals surface area contributed by atoms with E-state index in [0.717, 1.165) is 17.4 Å². The molecule has 2 N–H and O–H groups in total. The Labute approximate surface area is 173 Å². The Kier molecular flexibility index (Phi) is 6.70. The van der Waals surface area contributed by atoms with Crippen LogP contribution in [0.4, 0.5) is 19.3 Å². The largest absolute Gasteiger partial charge is 0.451 e. The van der Waals surface area contributed by atoms with Crippen molar-refractivity contribution in [1.82, 2.24) is 5.32 Å². The van der Waals surface area contributed by atoms with Gasteiger partial charge in [0.2, 0.25) is 0 Å². The molecule has 1 aromatic heterocycles. The van der Waals surface area contributed by atoms with E-state index in [1.165, 1.54) is 37.4 Å². The van der Waals surface area contributed by atoms with Crippen molar-refractivity contribution in [2.75, 3.05) is 19.0 Å². The van der Waals surface area contributed by atoms with Crippen LogP contribution in [0.25, 0.3) is 10.1 Å². The molecule has 0 aliphatic carbocycles. The number of carbonyl (C=O) groups is 3. The predicted molar refractivity (Wildman–Crippen MR) is 106 cm³/mol. The van der Waals surface area contributed by atoms with Gasteiger partial charge in [0.05, 0.1) is 12.3 Å². The fourth-order valence-corrected chi connectivity index (χ4v) is 3.81. The van der Waals surface area contributed by atoms with E-state index >= 15 is 0 Å². The predicted octanol–water partition coefficient (Wildman–Crippen LogP) is 3.83. The highest BCUT2D eigenvalue weighted by molar-refractivity contribution is 7.21. The first-order valence-electron chi connectivity index (χ1n) is 8.62. The van der Waals surface area contributed by atoms with E-state index in [2.05, 4.69) is 5.32 Å². The second kappa shape index (κ2) is 9.42. The molecule has 0 unspecified atom stereocenters. The summed E-state index contributed by atoms with van der Waals surface area (Å²) in [5, 5.41) is 4.35. The summed E-state index contributed by atoms with van der Waals surface area (Å²) in [6.45, 7) is -0.782. The third-order valence-electron chi connectivity index (χ3n) is 3.95. The Bertz CT molecular complexity index is 1120. The van der Waals surface area contributed by atoms with Crippen LogP contribution in [0.3, 0.4) is 0 Å². The summed E-state index contributed by atoms with van der Waals surface area (Å²) in [7, 11) is 1.40. The van der Waals surface area contributed by atoms with Gasteiger partial charge in [0.25, 0.3) is 5.91 Å². The zero-order valence-electron chi connectivity index (χ0n) is 15.7. The summed E-state index contributed by atoms with van der Waals surface area (Å²) in [6, 6.07) is 8.87. The highest BCUT2D eigenvalue weighted by Gasteiger charge is 2.22. The molecule has 0 radical (unpaired) electrons. The number of carbonyl (C=O) groups excluding carboxylic acids is 3. The molecule has 3 rings (SSSR count).